The fraction of sp³-hybridized carbons (Fsp3) is 0.300. The SMILES string of the molecule is C[Si](C)(C)CCOC/N=C(/C=C\N)c1ccc(Oc2ccc(N)[nH+]c2)cc1. The molecule has 0 saturated heterocycles. The summed E-state index contributed by atoms with van der Waals surface area (Å²) in [6.07, 6.45) is 4.97. The van der Waals surface area contributed by atoms with Gasteiger partial charge in [-0.25, -0.2) is 4.98 Å². The third-order valence-corrected chi connectivity index (χ3v) is 5.47. The summed E-state index contributed by atoms with van der Waals surface area (Å²) in [5, 5.41) is 0. The lowest BCUT2D eigenvalue weighted by Gasteiger charge is -2.14. The van der Waals surface area contributed by atoms with Crippen LogP contribution in [-0.2, 0) is 4.74 Å². The zero-order valence-corrected chi connectivity index (χ0v) is 17.2. The summed E-state index contributed by atoms with van der Waals surface area (Å²) >= 11 is 0. The van der Waals surface area contributed by atoms with Crippen molar-refractivity contribution in [3.63, 3.8) is 0 Å². The van der Waals surface area contributed by atoms with E-state index in [9.17, 15) is 0 Å². The average Bonchev–Trinajstić information content (AvgIpc) is 2.62. The van der Waals surface area contributed by atoms with Gasteiger partial charge in [-0.05, 0) is 48.7 Å². The number of rotatable bonds is 9. The summed E-state index contributed by atoms with van der Waals surface area (Å²) in [6, 6.07) is 12.3. The minimum absolute atomic E-state index is 0.323. The zero-order chi connectivity index (χ0) is 19.7. The van der Waals surface area contributed by atoms with E-state index >= 15 is 0 Å². The summed E-state index contributed by atoms with van der Waals surface area (Å²) in [5.74, 6) is 1.99. The van der Waals surface area contributed by atoms with Crippen LogP contribution in [0.5, 0.6) is 11.5 Å². The third-order valence-electron chi connectivity index (χ3n) is 3.77. The van der Waals surface area contributed by atoms with Crippen molar-refractivity contribution in [3.8, 4) is 11.5 Å². The van der Waals surface area contributed by atoms with Gasteiger partial charge in [-0.3, -0.25) is 10.7 Å². The number of benzene rings is 1. The van der Waals surface area contributed by atoms with Gasteiger partial charge in [-0.15, -0.1) is 0 Å². The molecule has 0 amide bonds. The second kappa shape index (κ2) is 9.89. The maximum absolute atomic E-state index is 5.78. The van der Waals surface area contributed by atoms with Gasteiger partial charge in [0.2, 0.25) is 0 Å². The molecular weight excluding hydrogens is 356 g/mol. The zero-order valence-electron chi connectivity index (χ0n) is 16.2. The molecular formula is C20H29N4O2Si+. The van der Waals surface area contributed by atoms with Crippen molar-refractivity contribution < 1.29 is 14.5 Å². The van der Waals surface area contributed by atoms with Crippen molar-refractivity contribution >= 4 is 19.6 Å². The molecule has 1 heterocycles. The highest BCUT2D eigenvalue weighted by Gasteiger charge is 2.11. The van der Waals surface area contributed by atoms with Gasteiger partial charge in [0, 0.05) is 26.3 Å². The number of hydrogen-bond acceptors (Lipinski definition) is 5. The number of nitrogen functional groups attached to an aromatic ring is 1. The Morgan fingerprint density at radius 1 is 1.11 bits per heavy atom. The van der Waals surface area contributed by atoms with E-state index in [1.807, 2.05) is 30.3 Å². The highest BCUT2D eigenvalue weighted by molar-refractivity contribution is 6.76. The number of aliphatic imine (C=N–C) groups is 1. The molecule has 0 spiro atoms. The molecule has 0 aliphatic carbocycles. The Kier molecular flexibility index (Phi) is 7.57. The minimum Gasteiger partial charge on any atom is -0.454 e. The third kappa shape index (κ3) is 7.63. The van der Waals surface area contributed by atoms with Crippen molar-refractivity contribution in [3.05, 3.63) is 60.4 Å². The highest BCUT2D eigenvalue weighted by atomic mass is 28.3. The van der Waals surface area contributed by atoms with Crippen LogP contribution >= 0.6 is 0 Å². The van der Waals surface area contributed by atoms with Gasteiger partial charge in [0.1, 0.15) is 18.7 Å². The van der Waals surface area contributed by atoms with E-state index in [0.29, 0.717) is 18.3 Å². The monoisotopic (exact) mass is 385 g/mol. The first-order chi connectivity index (χ1) is 12.9. The number of hydrogen-bond donors (Lipinski definition) is 2. The predicted octanol–water partition coefficient (Wildman–Crippen LogP) is 3.45. The van der Waals surface area contributed by atoms with Crippen molar-refractivity contribution in [2.75, 3.05) is 19.1 Å². The quantitative estimate of drug-likeness (QED) is 0.392. The van der Waals surface area contributed by atoms with Gasteiger partial charge in [-0.1, -0.05) is 19.6 Å². The summed E-state index contributed by atoms with van der Waals surface area (Å²) < 4.78 is 11.4. The molecule has 5 N–H and O–H groups in total. The molecule has 0 aliphatic heterocycles. The number of pyridine rings is 1. The fourth-order valence-corrected chi connectivity index (χ4v) is 2.96. The van der Waals surface area contributed by atoms with E-state index in [-0.39, 0.29) is 0 Å². The number of nitrogens with zero attached hydrogens (tertiary/aromatic N) is 1. The average molecular weight is 386 g/mol. The summed E-state index contributed by atoms with van der Waals surface area (Å²) in [6.45, 7) is 8.05. The molecule has 0 bridgehead atoms. The van der Waals surface area contributed by atoms with Crippen LogP contribution in [0.25, 0.3) is 0 Å². The molecule has 0 unspecified atom stereocenters. The Bertz CT molecular complexity index is 766. The first-order valence-corrected chi connectivity index (χ1v) is 12.6. The molecule has 2 aromatic rings. The fourth-order valence-electron chi connectivity index (χ4n) is 2.21. The van der Waals surface area contributed by atoms with Crippen LogP contribution in [0.2, 0.25) is 25.7 Å². The highest BCUT2D eigenvalue weighted by Crippen LogP contribution is 2.21. The van der Waals surface area contributed by atoms with Crippen molar-refractivity contribution in [2.45, 2.75) is 25.7 Å². The number of allylic oxidation sites excluding steroid dienone is 1. The molecule has 0 fully saturated rings. The largest absolute Gasteiger partial charge is 0.454 e. The first-order valence-electron chi connectivity index (χ1n) is 8.93. The number of nitrogens with two attached hydrogens (primary N) is 2. The Balaban J connectivity index is 1.98. The maximum Gasteiger partial charge on any atom is 0.270 e. The predicted molar refractivity (Wildman–Crippen MR) is 113 cm³/mol. The lowest BCUT2D eigenvalue weighted by molar-refractivity contribution is -0.361. The Morgan fingerprint density at radius 2 is 1.81 bits per heavy atom. The van der Waals surface area contributed by atoms with E-state index < -0.39 is 8.07 Å². The smallest absolute Gasteiger partial charge is 0.270 e. The molecule has 6 nitrogen and oxygen atoms in total. The number of anilines is 1. The van der Waals surface area contributed by atoms with E-state index in [1.54, 1.807) is 18.3 Å². The molecule has 0 radical (unpaired) electrons. The van der Waals surface area contributed by atoms with Crippen molar-refractivity contribution in [2.24, 2.45) is 10.7 Å². The summed E-state index contributed by atoms with van der Waals surface area (Å²) in [4.78, 5) is 7.42. The van der Waals surface area contributed by atoms with Gasteiger partial charge < -0.3 is 15.2 Å². The van der Waals surface area contributed by atoms with Crippen LogP contribution in [0, 0.1) is 0 Å². The standard InChI is InChI=1S/C20H28N4O2Si/c1-27(2,3)13-12-25-15-24-19(10-11-21)16-4-6-17(7-5-16)26-18-8-9-20(22)23-14-18/h4-11,14H,12-13,15,21H2,1-3H3,(H2,22,23)/p+1/b11-10-,24-19-. The lowest BCUT2D eigenvalue weighted by Crippen LogP contribution is -2.21. The second-order valence-electron chi connectivity index (χ2n) is 7.36. The molecule has 2 rings (SSSR count). The molecule has 7 heteroatoms. The normalized spacial score (nSPS) is 12.5. The van der Waals surface area contributed by atoms with Gasteiger partial charge >= 0.3 is 0 Å². The molecule has 0 aliphatic rings. The van der Waals surface area contributed by atoms with Crippen LogP contribution < -0.4 is 21.2 Å². The molecule has 0 atom stereocenters. The molecule has 0 saturated carbocycles. The number of nitrogens with one attached hydrogen (secondary N) is 1. The van der Waals surface area contributed by atoms with Crippen LogP contribution in [0.3, 0.4) is 0 Å². The molecule has 144 valence electrons. The number of ether oxygens (including phenoxy) is 2. The van der Waals surface area contributed by atoms with Gasteiger partial charge in [-0.2, -0.15) is 0 Å². The molecule has 1 aromatic heterocycles. The van der Waals surface area contributed by atoms with E-state index in [2.05, 4.69) is 29.6 Å². The van der Waals surface area contributed by atoms with Crippen LogP contribution in [0.1, 0.15) is 5.56 Å². The summed E-state index contributed by atoms with van der Waals surface area (Å²) in [7, 11) is -1.09. The Hall–Kier alpha value is -2.64. The molecule has 27 heavy (non-hydrogen) atoms. The van der Waals surface area contributed by atoms with E-state index in [0.717, 1.165) is 29.7 Å². The number of aromatic nitrogens is 1. The topological polar surface area (TPSA) is 97.0 Å². The van der Waals surface area contributed by atoms with Crippen molar-refractivity contribution in [1.29, 1.82) is 0 Å². The van der Waals surface area contributed by atoms with Crippen LogP contribution in [0.15, 0.2) is 59.9 Å². The van der Waals surface area contributed by atoms with Crippen LogP contribution in [-0.4, -0.2) is 27.1 Å². The lowest BCUT2D eigenvalue weighted by atomic mass is 10.1. The van der Waals surface area contributed by atoms with Crippen molar-refractivity contribution in [1.82, 2.24) is 0 Å². The maximum atomic E-state index is 5.78. The Morgan fingerprint density at radius 3 is 2.41 bits per heavy atom. The second-order valence-corrected chi connectivity index (χ2v) is 13.0. The summed E-state index contributed by atoms with van der Waals surface area (Å²) in [5.41, 5.74) is 12.9. The molecule has 1 aromatic carbocycles. The van der Waals surface area contributed by atoms with Gasteiger partial charge in [0.05, 0.1) is 5.71 Å². The minimum atomic E-state index is -1.09. The van der Waals surface area contributed by atoms with E-state index in [1.165, 1.54) is 6.20 Å². The number of H-pyrrole nitrogens is 1. The van der Waals surface area contributed by atoms with Gasteiger partial charge in [0.25, 0.3) is 5.82 Å². The Labute approximate surface area is 161 Å². The van der Waals surface area contributed by atoms with Gasteiger partial charge in [0.15, 0.2) is 5.75 Å². The number of aromatic amines is 1. The van der Waals surface area contributed by atoms with E-state index in [4.69, 9.17) is 20.9 Å². The van der Waals surface area contributed by atoms with Crippen LogP contribution in [0.4, 0.5) is 5.82 Å². The first kappa shape index (κ1) is 20.7.